The van der Waals surface area contributed by atoms with E-state index < -0.39 is 0 Å². The third-order valence-electron chi connectivity index (χ3n) is 2.47. The van der Waals surface area contributed by atoms with E-state index in [2.05, 4.69) is 26.1 Å². The first-order valence-electron chi connectivity index (χ1n) is 5.73. The summed E-state index contributed by atoms with van der Waals surface area (Å²) in [5.74, 6) is 0. The minimum absolute atomic E-state index is 0.228. The average molecular weight is 342 g/mol. The summed E-state index contributed by atoms with van der Waals surface area (Å²) in [5.41, 5.74) is 0.340. The Morgan fingerprint density at radius 3 is 3.00 bits per heavy atom. The lowest BCUT2D eigenvalue weighted by Gasteiger charge is -2.06. The number of nitrogens with zero attached hydrogens (tertiary/aromatic N) is 2. The number of carbonyl (C=O) groups is 1. The third-order valence-corrected chi connectivity index (χ3v) is 4.05. The molecule has 1 aromatic heterocycles. The molecule has 19 heavy (non-hydrogen) atoms. The normalized spacial score (nSPS) is 10.6. The van der Waals surface area contributed by atoms with Gasteiger partial charge in [-0.25, -0.2) is 9.89 Å². The van der Waals surface area contributed by atoms with Crippen LogP contribution in [0.15, 0.2) is 37.5 Å². The van der Waals surface area contributed by atoms with E-state index in [0.717, 1.165) is 22.1 Å². The number of aldehydes is 1. The molecular formula is C12H12BrN3O2S. The monoisotopic (exact) mass is 341 g/mol. The van der Waals surface area contributed by atoms with Crippen LogP contribution in [-0.4, -0.2) is 21.1 Å². The van der Waals surface area contributed by atoms with Gasteiger partial charge >= 0.3 is 5.69 Å². The van der Waals surface area contributed by atoms with Crippen molar-refractivity contribution in [3.8, 4) is 0 Å². The molecule has 0 saturated carbocycles. The number of rotatable bonds is 5. The van der Waals surface area contributed by atoms with Gasteiger partial charge in [0.25, 0.3) is 0 Å². The molecule has 0 amide bonds. The van der Waals surface area contributed by atoms with E-state index in [-0.39, 0.29) is 5.69 Å². The molecule has 0 bridgehead atoms. The SMILES string of the molecule is CCCn1c(Sc2ccc(Br)cc2C=O)n[nH]c1=O. The maximum atomic E-state index is 11.6. The Labute approximate surface area is 122 Å². The van der Waals surface area contributed by atoms with E-state index in [4.69, 9.17) is 0 Å². The van der Waals surface area contributed by atoms with Crippen molar-refractivity contribution < 1.29 is 4.79 Å². The van der Waals surface area contributed by atoms with Gasteiger partial charge in [-0.1, -0.05) is 22.9 Å². The number of hydrogen-bond acceptors (Lipinski definition) is 4. The first-order chi connectivity index (χ1) is 9.15. The van der Waals surface area contributed by atoms with Gasteiger partial charge in [0, 0.05) is 21.5 Å². The van der Waals surface area contributed by atoms with Gasteiger partial charge in [-0.05, 0) is 36.4 Å². The topological polar surface area (TPSA) is 67.8 Å². The van der Waals surface area contributed by atoms with Crippen LogP contribution in [0.1, 0.15) is 23.7 Å². The van der Waals surface area contributed by atoms with E-state index in [0.29, 0.717) is 17.3 Å². The number of carbonyl (C=O) groups excluding carboxylic acids is 1. The average Bonchev–Trinajstić information content (AvgIpc) is 2.74. The zero-order chi connectivity index (χ0) is 13.8. The number of nitrogens with one attached hydrogen (secondary N) is 1. The first-order valence-corrected chi connectivity index (χ1v) is 7.34. The molecule has 2 aromatic rings. The van der Waals surface area contributed by atoms with Crippen LogP contribution in [0.25, 0.3) is 0 Å². The zero-order valence-corrected chi connectivity index (χ0v) is 12.6. The fourth-order valence-electron chi connectivity index (χ4n) is 1.60. The van der Waals surface area contributed by atoms with E-state index >= 15 is 0 Å². The molecule has 0 saturated heterocycles. The van der Waals surface area contributed by atoms with E-state index in [1.807, 2.05) is 19.1 Å². The van der Waals surface area contributed by atoms with Crippen LogP contribution in [0.5, 0.6) is 0 Å². The smallest absolute Gasteiger partial charge is 0.298 e. The maximum Gasteiger partial charge on any atom is 0.343 e. The van der Waals surface area contributed by atoms with Crippen molar-refractivity contribution in [3.05, 3.63) is 38.7 Å². The second kappa shape index (κ2) is 6.21. The molecule has 1 aromatic carbocycles. The second-order valence-corrected chi connectivity index (χ2v) is 5.79. The van der Waals surface area contributed by atoms with Gasteiger partial charge in [-0.2, -0.15) is 0 Å². The summed E-state index contributed by atoms with van der Waals surface area (Å²) in [6.07, 6.45) is 1.63. The summed E-state index contributed by atoms with van der Waals surface area (Å²) in [6.45, 7) is 2.59. The Kier molecular flexibility index (Phi) is 4.60. The van der Waals surface area contributed by atoms with E-state index in [9.17, 15) is 9.59 Å². The molecule has 7 heteroatoms. The molecular weight excluding hydrogens is 330 g/mol. The number of H-pyrrole nitrogens is 1. The maximum absolute atomic E-state index is 11.6. The van der Waals surface area contributed by atoms with Crippen LogP contribution in [0.2, 0.25) is 0 Å². The molecule has 0 radical (unpaired) electrons. The highest BCUT2D eigenvalue weighted by Crippen LogP contribution is 2.29. The Morgan fingerprint density at radius 2 is 2.32 bits per heavy atom. The predicted octanol–water partition coefficient (Wildman–Crippen LogP) is 2.71. The number of aromatic amines is 1. The molecule has 1 heterocycles. The number of benzene rings is 1. The lowest BCUT2D eigenvalue weighted by atomic mass is 10.2. The van der Waals surface area contributed by atoms with E-state index in [1.165, 1.54) is 11.8 Å². The van der Waals surface area contributed by atoms with Crippen LogP contribution in [0.3, 0.4) is 0 Å². The van der Waals surface area contributed by atoms with Crippen LogP contribution >= 0.6 is 27.7 Å². The van der Waals surface area contributed by atoms with Crippen LogP contribution < -0.4 is 5.69 Å². The Balaban J connectivity index is 2.36. The predicted molar refractivity (Wildman–Crippen MR) is 76.8 cm³/mol. The molecule has 5 nitrogen and oxygen atoms in total. The van der Waals surface area contributed by atoms with Crippen molar-refractivity contribution in [2.75, 3.05) is 0 Å². The molecule has 2 rings (SSSR count). The third kappa shape index (κ3) is 3.16. The number of aromatic nitrogens is 3. The fourth-order valence-corrected chi connectivity index (χ4v) is 2.92. The summed E-state index contributed by atoms with van der Waals surface area (Å²) in [5, 5.41) is 6.99. The second-order valence-electron chi connectivity index (χ2n) is 3.87. The van der Waals surface area contributed by atoms with Crippen LogP contribution in [0, 0.1) is 0 Å². The van der Waals surface area contributed by atoms with Crippen molar-refractivity contribution in [1.82, 2.24) is 14.8 Å². The van der Waals surface area contributed by atoms with Gasteiger partial charge < -0.3 is 0 Å². The summed E-state index contributed by atoms with van der Waals surface area (Å²) in [7, 11) is 0. The summed E-state index contributed by atoms with van der Waals surface area (Å²) >= 11 is 4.62. The molecule has 100 valence electrons. The molecule has 1 N–H and O–H groups in total. The van der Waals surface area contributed by atoms with Crippen LogP contribution in [-0.2, 0) is 6.54 Å². The summed E-state index contributed by atoms with van der Waals surface area (Å²) in [4.78, 5) is 23.4. The van der Waals surface area contributed by atoms with Gasteiger partial charge in [0.1, 0.15) is 0 Å². The Morgan fingerprint density at radius 1 is 1.53 bits per heavy atom. The molecule has 0 aliphatic heterocycles. The first kappa shape index (κ1) is 14.1. The minimum atomic E-state index is -0.228. The summed E-state index contributed by atoms with van der Waals surface area (Å²) in [6, 6.07) is 5.42. The van der Waals surface area contributed by atoms with Crippen molar-refractivity contribution in [1.29, 1.82) is 0 Å². The number of hydrogen-bond donors (Lipinski definition) is 1. The van der Waals surface area contributed by atoms with Gasteiger partial charge in [0.15, 0.2) is 11.4 Å². The lowest BCUT2D eigenvalue weighted by Crippen LogP contribution is -2.17. The Hall–Kier alpha value is -1.34. The van der Waals surface area contributed by atoms with Gasteiger partial charge in [-0.15, -0.1) is 5.10 Å². The highest BCUT2D eigenvalue weighted by atomic mass is 79.9. The van der Waals surface area contributed by atoms with Gasteiger partial charge in [0.2, 0.25) is 0 Å². The molecule has 0 aliphatic rings. The summed E-state index contributed by atoms with van der Waals surface area (Å²) < 4.78 is 2.41. The highest BCUT2D eigenvalue weighted by Gasteiger charge is 2.12. The van der Waals surface area contributed by atoms with Gasteiger partial charge in [-0.3, -0.25) is 9.36 Å². The minimum Gasteiger partial charge on any atom is -0.298 e. The number of halogens is 1. The van der Waals surface area contributed by atoms with Crippen molar-refractivity contribution in [2.24, 2.45) is 0 Å². The van der Waals surface area contributed by atoms with Crippen molar-refractivity contribution >= 4 is 34.0 Å². The molecule has 0 spiro atoms. The quantitative estimate of drug-likeness (QED) is 0.849. The highest BCUT2D eigenvalue weighted by molar-refractivity contribution is 9.10. The molecule has 0 unspecified atom stereocenters. The lowest BCUT2D eigenvalue weighted by molar-refractivity contribution is 0.112. The largest absolute Gasteiger partial charge is 0.343 e. The molecule has 0 fully saturated rings. The Bertz CT molecular complexity index is 651. The van der Waals surface area contributed by atoms with Crippen molar-refractivity contribution in [2.45, 2.75) is 29.9 Å². The standard InChI is InChI=1S/C12H12BrN3O2S/c1-2-5-16-11(18)14-15-12(16)19-10-4-3-9(13)6-8(10)7-17/h3-4,6-7H,2,5H2,1H3,(H,14,18). The molecule has 0 atom stereocenters. The van der Waals surface area contributed by atoms with Crippen molar-refractivity contribution in [3.63, 3.8) is 0 Å². The molecule has 0 aliphatic carbocycles. The van der Waals surface area contributed by atoms with Crippen LogP contribution in [0.4, 0.5) is 0 Å². The van der Waals surface area contributed by atoms with E-state index in [1.54, 1.807) is 10.6 Å². The van der Waals surface area contributed by atoms with Gasteiger partial charge in [0.05, 0.1) is 0 Å². The zero-order valence-electron chi connectivity index (χ0n) is 10.2. The fraction of sp³-hybridized carbons (Fsp3) is 0.250.